The van der Waals surface area contributed by atoms with Crippen molar-refractivity contribution in [3.8, 4) is 0 Å². The first-order valence-electron chi connectivity index (χ1n) is 9.53. The van der Waals surface area contributed by atoms with Gasteiger partial charge in [-0.25, -0.2) is 0 Å². The molecule has 1 amide bonds. The standard InChI is InChI=1S/C22H26N4OS/c1-4-26(5-2)18-13-11-16(12-14-18)20-19(15(3)23-22(28)25-20)21(27)24-17-9-7-6-8-10-17/h6-14,20H,4-5H2,1-3H3,(H,24,27)(H2,23,25,28)/t20-/m1/s1. The third-order valence-electron chi connectivity index (χ3n) is 4.90. The maximum absolute atomic E-state index is 13.0. The van der Waals surface area contributed by atoms with Crippen molar-refractivity contribution in [2.45, 2.75) is 26.8 Å². The minimum Gasteiger partial charge on any atom is -0.372 e. The molecule has 1 heterocycles. The Morgan fingerprint density at radius 1 is 1.07 bits per heavy atom. The highest BCUT2D eigenvalue weighted by molar-refractivity contribution is 7.80. The summed E-state index contributed by atoms with van der Waals surface area (Å²) >= 11 is 5.34. The Labute approximate surface area is 171 Å². The molecule has 0 spiro atoms. The second kappa shape index (κ2) is 8.89. The van der Waals surface area contributed by atoms with Crippen LogP contribution in [0.1, 0.15) is 32.4 Å². The Morgan fingerprint density at radius 3 is 2.32 bits per heavy atom. The van der Waals surface area contributed by atoms with Crippen LogP contribution >= 0.6 is 12.2 Å². The predicted octanol–water partition coefficient (Wildman–Crippen LogP) is 3.96. The summed E-state index contributed by atoms with van der Waals surface area (Å²) in [6, 6.07) is 17.5. The fourth-order valence-corrected chi connectivity index (χ4v) is 3.70. The van der Waals surface area contributed by atoms with Crippen molar-refractivity contribution in [1.82, 2.24) is 10.6 Å². The molecule has 0 aromatic heterocycles. The third-order valence-corrected chi connectivity index (χ3v) is 5.12. The van der Waals surface area contributed by atoms with Crippen LogP contribution in [0.15, 0.2) is 65.9 Å². The number of hydrogen-bond donors (Lipinski definition) is 3. The Hall–Kier alpha value is -2.86. The lowest BCUT2D eigenvalue weighted by Gasteiger charge is -2.31. The molecule has 3 N–H and O–H groups in total. The molecule has 0 aliphatic carbocycles. The zero-order chi connectivity index (χ0) is 20.1. The largest absolute Gasteiger partial charge is 0.372 e. The van der Waals surface area contributed by atoms with Crippen molar-refractivity contribution in [2.24, 2.45) is 0 Å². The molecule has 0 radical (unpaired) electrons. The van der Waals surface area contributed by atoms with E-state index in [0.29, 0.717) is 10.7 Å². The van der Waals surface area contributed by atoms with Crippen LogP contribution in [0.25, 0.3) is 0 Å². The van der Waals surface area contributed by atoms with Crippen LogP contribution in [-0.4, -0.2) is 24.1 Å². The van der Waals surface area contributed by atoms with Gasteiger partial charge < -0.3 is 20.9 Å². The van der Waals surface area contributed by atoms with E-state index in [2.05, 4.69) is 59.0 Å². The van der Waals surface area contributed by atoms with Gasteiger partial charge in [0.2, 0.25) is 0 Å². The van der Waals surface area contributed by atoms with Crippen LogP contribution in [0.3, 0.4) is 0 Å². The van der Waals surface area contributed by atoms with Gasteiger partial charge in [-0.2, -0.15) is 0 Å². The Bertz CT molecular complexity index is 873. The number of hydrogen-bond acceptors (Lipinski definition) is 3. The number of allylic oxidation sites excluding steroid dienone is 1. The maximum atomic E-state index is 13.0. The monoisotopic (exact) mass is 394 g/mol. The molecule has 5 nitrogen and oxygen atoms in total. The van der Waals surface area contributed by atoms with E-state index in [1.54, 1.807) is 0 Å². The summed E-state index contributed by atoms with van der Waals surface area (Å²) in [5, 5.41) is 9.82. The lowest BCUT2D eigenvalue weighted by atomic mass is 9.94. The van der Waals surface area contributed by atoms with Gasteiger partial charge in [0, 0.05) is 30.2 Å². The van der Waals surface area contributed by atoms with E-state index in [1.807, 2.05) is 37.3 Å². The van der Waals surface area contributed by atoms with Crippen LogP contribution < -0.4 is 20.9 Å². The first kappa shape index (κ1) is 19.9. The fraction of sp³-hybridized carbons (Fsp3) is 0.273. The van der Waals surface area contributed by atoms with Gasteiger partial charge in [-0.05, 0) is 62.8 Å². The average Bonchev–Trinajstić information content (AvgIpc) is 2.69. The van der Waals surface area contributed by atoms with Gasteiger partial charge >= 0.3 is 0 Å². The number of carbonyl (C=O) groups is 1. The molecule has 0 saturated heterocycles. The second-order valence-electron chi connectivity index (χ2n) is 6.65. The maximum Gasteiger partial charge on any atom is 0.255 e. The van der Waals surface area contributed by atoms with Crippen molar-refractivity contribution in [3.63, 3.8) is 0 Å². The molecule has 3 rings (SSSR count). The van der Waals surface area contributed by atoms with Crippen LogP contribution in [0.4, 0.5) is 11.4 Å². The number of rotatable bonds is 6. The van der Waals surface area contributed by atoms with Crippen LogP contribution in [0.5, 0.6) is 0 Å². The molecular weight excluding hydrogens is 368 g/mol. The summed E-state index contributed by atoms with van der Waals surface area (Å²) in [6.07, 6.45) is 0. The summed E-state index contributed by atoms with van der Waals surface area (Å²) in [5.41, 5.74) is 4.32. The molecule has 0 fully saturated rings. The Balaban J connectivity index is 1.90. The molecule has 0 bridgehead atoms. The molecule has 1 atom stereocenters. The summed E-state index contributed by atoms with van der Waals surface area (Å²) in [5.74, 6) is -0.149. The molecule has 28 heavy (non-hydrogen) atoms. The molecule has 146 valence electrons. The average molecular weight is 395 g/mol. The zero-order valence-corrected chi connectivity index (χ0v) is 17.3. The molecule has 0 unspecified atom stereocenters. The lowest BCUT2D eigenvalue weighted by molar-refractivity contribution is -0.113. The quantitative estimate of drug-likeness (QED) is 0.648. The van der Waals surface area contributed by atoms with Crippen molar-refractivity contribution in [3.05, 3.63) is 71.4 Å². The minimum absolute atomic E-state index is 0.149. The summed E-state index contributed by atoms with van der Waals surface area (Å²) < 4.78 is 0. The smallest absolute Gasteiger partial charge is 0.255 e. The van der Waals surface area contributed by atoms with Gasteiger partial charge in [-0.1, -0.05) is 30.3 Å². The van der Waals surface area contributed by atoms with Crippen LogP contribution in [-0.2, 0) is 4.79 Å². The highest BCUT2D eigenvalue weighted by Gasteiger charge is 2.30. The van der Waals surface area contributed by atoms with Crippen molar-refractivity contribution in [1.29, 1.82) is 0 Å². The van der Waals surface area contributed by atoms with E-state index >= 15 is 0 Å². The minimum atomic E-state index is -0.303. The molecule has 2 aromatic rings. The second-order valence-corrected chi connectivity index (χ2v) is 7.06. The number of para-hydroxylation sites is 1. The van der Waals surface area contributed by atoms with Crippen molar-refractivity contribution < 1.29 is 4.79 Å². The van der Waals surface area contributed by atoms with E-state index in [9.17, 15) is 4.79 Å². The third kappa shape index (κ3) is 4.34. The number of thiocarbonyl (C=S) groups is 1. The van der Waals surface area contributed by atoms with Crippen LogP contribution in [0.2, 0.25) is 0 Å². The highest BCUT2D eigenvalue weighted by atomic mass is 32.1. The molecule has 6 heteroatoms. The molecule has 0 saturated carbocycles. The van der Waals surface area contributed by atoms with E-state index in [0.717, 1.165) is 30.0 Å². The number of anilines is 2. The van der Waals surface area contributed by atoms with Crippen molar-refractivity contribution >= 4 is 34.6 Å². The first-order chi connectivity index (χ1) is 13.5. The molecule has 1 aliphatic heterocycles. The Kier molecular flexibility index (Phi) is 6.31. The van der Waals surface area contributed by atoms with E-state index < -0.39 is 0 Å². The summed E-state index contributed by atoms with van der Waals surface area (Å²) in [6.45, 7) is 8.07. The number of nitrogens with zero attached hydrogens (tertiary/aromatic N) is 1. The zero-order valence-electron chi connectivity index (χ0n) is 16.5. The van der Waals surface area contributed by atoms with Crippen LogP contribution in [0, 0.1) is 0 Å². The first-order valence-corrected chi connectivity index (χ1v) is 9.93. The van der Waals surface area contributed by atoms with Gasteiger partial charge in [-0.15, -0.1) is 0 Å². The summed E-state index contributed by atoms with van der Waals surface area (Å²) in [7, 11) is 0. The Morgan fingerprint density at radius 2 is 1.71 bits per heavy atom. The lowest BCUT2D eigenvalue weighted by Crippen LogP contribution is -2.45. The van der Waals surface area contributed by atoms with E-state index in [-0.39, 0.29) is 11.9 Å². The van der Waals surface area contributed by atoms with Gasteiger partial charge in [-0.3, -0.25) is 4.79 Å². The predicted molar refractivity (Wildman–Crippen MR) is 119 cm³/mol. The SMILES string of the molecule is CCN(CC)c1ccc([C@H]2NC(=S)NC(C)=C2C(=O)Nc2ccccc2)cc1. The normalized spacial score (nSPS) is 16.2. The van der Waals surface area contributed by atoms with E-state index in [1.165, 1.54) is 5.69 Å². The molecule has 2 aromatic carbocycles. The molecular formula is C22H26N4OS. The summed E-state index contributed by atoms with van der Waals surface area (Å²) in [4.78, 5) is 15.3. The number of benzene rings is 2. The van der Waals surface area contributed by atoms with Gasteiger partial charge in [0.1, 0.15) is 0 Å². The number of amides is 1. The van der Waals surface area contributed by atoms with Gasteiger partial charge in [0.15, 0.2) is 5.11 Å². The topological polar surface area (TPSA) is 56.4 Å². The molecule has 1 aliphatic rings. The highest BCUT2D eigenvalue weighted by Crippen LogP contribution is 2.29. The van der Waals surface area contributed by atoms with E-state index in [4.69, 9.17) is 12.2 Å². The number of carbonyl (C=O) groups excluding carboxylic acids is 1. The van der Waals surface area contributed by atoms with Crippen molar-refractivity contribution in [2.75, 3.05) is 23.3 Å². The fourth-order valence-electron chi connectivity index (χ4n) is 3.43. The van der Waals surface area contributed by atoms with Gasteiger partial charge in [0.05, 0.1) is 11.6 Å². The van der Waals surface area contributed by atoms with Gasteiger partial charge in [0.25, 0.3) is 5.91 Å². The number of nitrogens with one attached hydrogen (secondary N) is 3.